The normalized spacial score (nSPS) is 26.2. The van der Waals surface area contributed by atoms with Gasteiger partial charge in [-0.2, -0.15) is 13.2 Å². The minimum Gasteiger partial charge on any atom is -0.480 e. The summed E-state index contributed by atoms with van der Waals surface area (Å²) in [6, 6.07) is 6.71. The number of carboxylic acids is 2. The predicted octanol–water partition coefficient (Wildman–Crippen LogP) is 4.15. The van der Waals surface area contributed by atoms with E-state index in [9.17, 15) is 32.3 Å². The van der Waals surface area contributed by atoms with Crippen molar-refractivity contribution in [1.29, 1.82) is 0 Å². The number of carbonyl (C=O) groups excluding carboxylic acids is 1. The van der Waals surface area contributed by atoms with Crippen LogP contribution in [0.3, 0.4) is 0 Å². The third kappa shape index (κ3) is 6.16. The highest BCUT2D eigenvalue weighted by Gasteiger charge is 2.55. The average Bonchev–Trinajstić information content (AvgIpc) is 3.01. The van der Waals surface area contributed by atoms with Gasteiger partial charge in [-0.3, -0.25) is 9.69 Å². The molecule has 1 heterocycles. The highest BCUT2D eigenvalue weighted by Crippen LogP contribution is 2.49. The summed E-state index contributed by atoms with van der Waals surface area (Å²) in [5, 5.41) is 16.4. The molecule has 1 spiro atoms. The summed E-state index contributed by atoms with van der Waals surface area (Å²) in [7, 11) is 4.07. The van der Waals surface area contributed by atoms with Crippen LogP contribution in [0.5, 0.6) is 0 Å². The smallest absolute Gasteiger partial charge is 0.480 e. The summed E-state index contributed by atoms with van der Waals surface area (Å²) in [5.41, 5.74) is 0.368. The van der Waals surface area contributed by atoms with E-state index in [1.165, 1.54) is 17.4 Å². The first-order valence-electron chi connectivity index (χ1n) is 12.2. The van der Waals surface area contributed by atoms with Crippen LogP contribution in [-0.2, 0) is 15.1 Å². The molecule has 37 heavy (non-hydrogen) atoms. The quantitative estimate of drug-likeness (QED) is 0.535. The van der Waals surface area contributed by atoms with E-state index in [1.54, 1.807) is 12.1 Å². The number of alkyl halides is 3. The van der Waals surface area contributed by atoms with Gasteiger partial charge in [0.05, 0.1) is 5.54 Å². The van der Waals surface area contributed by atoms with Crippen molar-refractivity contribution in [3.05, 3.63) is 35.6 Å². The number of carboxylic acid groups (broad SMARTS) is 2. The topological polar surface area (TPSA) is 101 Å². The Morgan fingerprint density at radius 1 is 1.11 bits per heavy atom. The number of hydrogen-bond acceptors (Lipinski definition) is 4. The van der Waals surface area contributed by atoms with Crippen molar-refractivity contribution in [1.82, 2.24) is 14.7 Å². The molecule has 0 unspecified atom stereocenters. The monoisotopic (exact) mass is 531 g/mol. The number of carbonyl (C=O) groups is 3. The Labute approximate surface area is 212 Å². The first kappa shape index (κ1) is 28.7. The van der Waals surface area contributed by atoms with Gasteiger partial charge in [0.1, 0.15) is 12.4 Å². The van der Waals surface area contributed by atoms with Crippen LogP contribution in [0.4, 0.5) is 22.4 Å². The summed E-state index contributed by atoms with van der Waals surface area (Å²) in [6.07, 6.45) is 1.60. The average molecular weight is 532 g/mol. The van der Waals surface area contributed by atoms with Gasteiger partial charge in [0.15, 0.2) is 0 Å². The molecular weight excluding hydrogens is 498 g/mol. The van der Waals surface area contributed by atoms with Gasteiger partial charge >= 0.3 is 24.1 Å². The number of aliphatic carboxylic acids is 2. The Bertz CT molecular complexity index is 1000. The third-order valence-corrected chi connectivity index (χ3v) is 8.02. The maximum Gasteiger partial charge on any atom is 0.490 e. The molecule has 0 aromatic heterocycles. The lowest BCUT2D eigenvalue weighted by molar-refractivity contribution is -0.192. The van der Waals surface area contributed by atoms with Crippen LogP contribution in [0, 0.1) is 11.7 Å². The Hall–Kier alpha value is -2.89. The second-order valence-corrected chi connectivity index (χ2v) is 10.4. The van der Waals surface area contributed by atoms with E-state index in [-0.39, 0.29) is 29.5 Å². The first-order valence-corrected chi connectivity index (χ1v) is 12.2. The van der Waals surface area contributed by atoms with E-state index in [1.807, 2.05) is 25.1 Å². The molecule has 4 rings (SSSR count). The SMILES string of the molecule is CN(C)C1(c2cccc(F)c2)CCC2(CC1)CN(CC(=O)O)C(=O)N2CC1CCC1.O=C(O)C(F)(F)F. The van der Waals surface area contributed by atoms with Crippen LogP contribution >= 0.6 is 0 Å². The molecule has 3 fully saturated rings. The molecule has 8 nitrogen and oxygen atoms in total. The largest absolute Gasteiger partial charge is 0.490 e. The molecule has 1 aromatic carbocycles. The van der Waals surface area contributed by atoms with Crippen LogP contribution in [0.15, 0.2) is 24.3 Å². The molecule has 2 amide bonds. The van der Waals surface area contributed by atoms with Crippen molar-refractivity contribution in [3.63, 3.8) is 0 Å². The number of amides is 2. The molecule has 1 aromatic rings. The Morgan fingerprint density at radius 2 is 1.70 bits per heavy atom. The number of nitrogens with zero attached hydrogens (tertiary/aromatic N) is 3. The minimum absolute atomic E-state index is 0.132. The molecule has 2 N–H and O–H groups in total. The Kier molecular flexibility index (Phi) is 8.40. The maximum atomic E-state index is 14.0. The standard InChI is InChI=1S/C23H32FN3O3.C2HF3O2/c1-25(2)23(18-7-4-8-19(24)13-18)11-9-22(10-12-23)16-26(15-20(28)29)21(30)27(22)14-17-5-3-6-17;3-2(4,5)1(6)7/h4,7-8,13,17H,3,5-6,9-12,14-16H2,1-2H3,(H,28,29);(H,6,7). The van der Waals surface area contributed by atoms with Gasteiger partial charge in [-0.25, -0.2) is 14.0 Å². The lowest BCUT2D eigenvalue weighted by atomic mass is 9.68. The van der Waals surface area contributed by atoms with Crippen molar-refractivity contribution in [2.45, 2.75) is 62.2 Å². The molecule has 206 valence electrons. The van der Waals surface area contributed by atoms with E-state index in [4.69, 9.17) is 9.90 Å². The molecule has 0 atom stereocenters. The Balaban J connectivity index is 0.000000479. The lowest BCUT2D eigenvalue weighted by Gasteiger charge is -2.51. The van der Waals surface area contributed by atoms with Crippen LogP contribution in [0.25, 0.3) is 0 Å². The molecule has 1 aliphatic heterocycles. The zero-order chi connectivity index (χ0) is 27.6. The zero-order valence-corrected chi connectivity index (χ0v) is 20.9. The molecule has 0 bridgehead atoms. The predicted molar refractivity (Wildman–Crippen MR) is 125 cm³/mol. The lowest BCUT2D eigenvalue weighted by Crippen LogP contribution is -2.56. The molecule has 3 aliphatic rings. The van der Waals surface area contributed by atoms with Gasteiger partial charge in [-0.1, -0.05) is 18.6 Å². The van der Waals surface area contributed by atoms with Crippen LogP contribution in [-0.4, -0.2) is 88.3 Å². The van der Waals surface area contributed by atoms with E-state index in [0.29, 0.717) is 12.5 Å². The third-order valence-electron chi connectivity index (χ3n) is 8.02. The summed E-state index contributed by atoms with van der Waals surface area (Å²) in [6.45, 7) is 0.950. The van der Waals surface area contributed by atoms with Gasteiger partial charge in [-0.15, -0.1) is 0 Å². The number of hydrogen-bond donors (Lipinski definition) is 2. The van der Waals surface area contributed by atoms with Gasteiger partial charge in [0, 0.05) is 18.6 Å². The molecular formula is C25H33F4N3O5. The summed E-state index contributed by atoms with van der Waals surface area (Å²) < 4.78 is 45.7. The Morgan fingerprint density at radius 3 is 2.14 bits per heavy atom. The van der Waals surface area contributed by atoms with Crippen molar-refractivity contribution in [2.75, 3.05) is 33.7 Å². The number of rotatable bonds is 6. The number of urea groups is 1. The first-order chi connectivity index (χ1) is 17.2. The van der Waals surface area contributed by atoms with Gasteiger partial charge in [0.25, 0.3) is 0 Å². The van der Waals surface area contributed by atoms with Gasteiger partial charge < -0.3 is 20.0 Å². The van der Waals surface area contributed by atoms with E-state index < -0.39 is 18.1 Å². The van der Waals surface area contributed by atoms with Crippen LogP contribution < -0.4 is 0 Å². The summed E-state index contributed by atoms with van der Waals surface area (Å²) >= 11 is 0. The molecule has 1 saturated heterocycles. The van der Waals surface area contributed by atoms with Crippen molar-refractivity contribution in [3.8, 4) is 0 Å². The van der Waals surface area contributed by atoms with Crippen molar-refractivity contribution >= 4 is 18.0 Å². The maximum absolute atomic E-state index is 14.0. The molecule has 2 saturated carbocycles. The zero-order valence-electron chi connectivity index (χ0n) is 20.9. The number of halogens is 4. The highest BCUT2D eigenvalue weighted by molar-refractivity contribution is 5.83. The minimum atomic E-state index is -5.08. The second-order valence-electron chi connectivity index (χ2n) is 10.4. The fraction of sp³-hybridized carbons (Fsp3) is 0.640. The van der Waals surface area contributed by atoms with Crippen molar-refractivity contribution in [2.24, 2.45) is 5.92 Å². The van der Waals surface area contributed by atoms with Gasteiger partial charge in [0.2, 0.25) is 0 Å². The van der Waals surface area contributed by atoms with Crippen molar-refractivity contribution < 1.29 is 42.2 Å². The van der Waals surface area contributed by atoms with Crippen LogP contribution in [0.2, 0.25) is 0 Å². The highest BCUT2D eigenvalue weighted by atomic mass is 19.4. The molecule has 0 radical (unpaired) electrons. The number of benzene rings is 1. The van der Waals surface area contributed by atoms with Crippen LogP contribution in [0.1, 0.15) is 50.5 Å². The molecule has 2 aliphatic carbocycles. The van der Waals surface area contributed by atoms with E-state index in [2.05, 4.69) is 4.90 Å². The molecule has 12 heteroatoms. The summed E-state index contributed by atoms with van der Waals surface area (Å²) in [5.74, 6) is -3.43. The second kappa shape index (κ2) is 10.8. The fourth-order valence-electron chi connectivity index (χ4n) is 5.70. The summed E-state index contributed by atoms with van der Waals surface area (Å²) in [4.78, 5) is 39.0. The van der Waals surface area contributed by atoms with Gasteiger partial charge in [-0.05, 0) is 76.2 Å². The van der Waals surface area contributed by atoms with E-state index >= 15 is 0 Å². The fourth-order valence-corrected chi connectivity index (χ4v) is 5.70. The van der Waals surface area contributed by atoms with E-state index in [0.717, 1.165) is 50.6 Å².